The molecule has 0 amide bonds. The predicted octanol–water partition coefficient (Wildman–Crippen LogP) is 6.25. The molecule has 0 fully saturated rings. The molecule has 1 aliphatic rings. The highest BCUT2D eigenvalue weighted by Gasteiger charge is 2.31. The van der Waals surface area contributed by atoms with Crippen LogP contribution in [0.3, 0.4) is 0 Å². The zero-order valence-corrected chi connectivity index (χ0v) is 19.8. The molecule has 0 bridgehead atoms. The number of ether oxygens (including phenoxy) is 4. The van der Waals surface area contributed by atoms with Gasteiger partial charge in [0.15, 0.2) is 5.76 Å². The zero-order chi connectivity index (χ0) is 24.7. The van der Waals surface area contributed by atoms with Crippen molar-refractivity contribution in [2.75, 3.05) is 14.2 Å². The molecule has 1 aliphatic heterocycles. The number of carbonyl (C=O) groups is 2. The maximum Gasteiger partial charge on any atom is 0.379 e. The number of methoxy groups -OCH3 is 2. The van der Waals surface area contributed by atoms with Crippen LogP contribution in [0, 0.1) is 6.92 Å². The van der Waals surface area contributed by atoms with E-state index in [1.54, 1.807) is 68.6 Å². The number of ketones is 1. The van der Waals surface area contributed by atoms with Gasteiger partial charge in [-0.3, -0.25) is 4.79 Å². The Balaban J connectivity index is 1.43. The minimum absolute atomic E-state index is 0.0307. The Hall–Kier alpha value is -4.23. The fourth-order valence-electron chi connectivity index (χ4n) is 3.90. The second-order valence-corrected chi connectivity index (χ2v) is 8.28. The van der Waals surface area contributed by atoms with Gasteiger partial charge in [0.1, 0.15) is 28.6 Å². The molecule has 4 aromatic rings. The number of carbonyl (C=O) groups excluding carboxylic acids is 2. The van der Waals surface area contributed by atoms with Gasteiger partial charge >= 0.3 is 5.97 Å². The average molecular weight is 491 g/mol. The van der Waals surface area contributed by atoms with Crippen LogP contribution in [0.15, 0.2) is 64.8 Å². The number of Topliss-reactive ketones (excluding diaryl/α,β-unsaturated/α-hetero) is 1. The highest BCUT2D eigenvalue weighted by Crippen LogP contribution is 2.39. The number of esters is 1. The van der Waals surface area contributed by atoms with E-state index in [9.17, 15) is 9.59 Å². The number of aryl methyl sites for hydroxylation is 1. The van der Waals surface area contributed by atoms with Crippen LogP contribution < -0.4 is 18.9 Å². The summed E-state index contributed by atoms with van der Waals surface area (Å²) in [5.41, 5.74) is 2.14. The molecule has 176 valence electrons. The number of fused-ring (bicyclic) bond motifs is 2. The van der Waals surface area contributed by atoms with Crippen LogP contribution in [0.2, 0.25) is 5.02 Å². The number of rotatable bonds is 5. The monoisotopic (exact) mass is 490 g/mol. The van der Waals surface area contributed by atoms with Gasteiger partial charge in [-0.2, -0.15) is 0 Å². The van der Waals surface area contributed by atoms with Crippen LogP contribution in [-0.4, -0.2) is 26.0 Å². The van der Waals surface area contributed by atoms with Crippen molar-refractivity contribution in [3.05, 3.63) is 87.8 Å². The maximum absolute atomic E-state index is 13.1. The van der Waals surface area contributed by atoms with E-state index in [2.05, 4.69) is 0 Å². The second kappa shape index (κ2) is 8.85. The number of benzene rings is 3. The Morgan fingerprint density at radius 1 is 0.971 bits per heavy atom. The van der Waals surface area contributed by atoms with Crippen LogP contribution in [0.4, 0.5) is 0 Å². The average Bonchev–Trinajstić information content (AvgIpc) is 3.39. The van der Waals surface area contributed by atoms with Gasteiger partial charge in [-0.05, 0) is 67.1 Å². The lowest BCUT2D eigenvalue weighted by atomic mass is 10.0. The molecule has 0 spiro atoms. The van der Waals surface area contributed by atoms with E-state index in [-0.39, 0.29) is 23.1 Å². The SMILES string of the molecule is COc1ccc(OC)c(/C=C2\Oc3cc(OC(=O)c4cc5cc(Cl)ccc5o4)cc(C)c3C2=O)c1. The first-order chi connectivity index (χ1) is 16.9. The van der Waals surface area contributed by atoms with Gasteiger partial charge in [-0.1, -0.05) is 11.6 Å². The molecule has 5 rings (SSSR count). The summed E-state index contributed by atoms with van der Waals surface area (Å²) in [7, 11) is 3.09. The van der Waals surface area contributed by atoms with Crippen LogP contribution in [0.5, 0.6) is 23.0 Å². The van der Waals surface area contributed by atoms with E-state index in [0.29, 0.717) is 49.9 Å². The first-order valence-electron chi connectivity index (χ1n) is 10.6. The van der Waals surface area contributed by atoms with Crippen LogP contribution in [0.25, 0.3) is 17.0 Å². The predicted molar refractivity (Wildman–Crippen MR) is 130 cm³/mol. The van der Waals surface area contributed by atoms with Gasteiger partial charge in [0.05, 0.1) is 19.8 Å². The number of furan rings is 1. The summed E-state index contributed by atoms with van der Waals surface area (Å²) in [6.07, 6.45) is 1.59. The summed E-state index contributed by atoms with van der Waals surface area (Å²) in [6.45, 7) is 1.75. The summed E-state index contributed by atoms with van der Waals surface area (Å²) >= 11 is 6.00. The van der Waals surface area contributed by atoms with Crippen molar-refractivity contribution in [2.45, 2.75) is 6.92 Å². The molecule has 0 saturated carbocycles. The maximum atomic E-state index is 13.1. The first kappa shape index (κ1) is 22.6. The summed E-state index contributed by atoms with van der Waals surface area (Å²) in [5, 5.41) is 1.22. The summed E-state index contributed by atoms with van der Waals surface area (Å²) < 4.78 is 27.6. The van der Waals surface area contributed by atoms with Crippen molar-refractivity contribution in [3.63, 3.8) is 0 Å². The van der Waals surface area contributed by atoms with Gasteiger partial charge in [0.25, 0.3) is 0 Å². The van der Waals surface area contributed by atoms with Crippen molar-refractivity contribution >= 4 is 40.4 Å². The smallest absolute Gasteiger partial charge is 0.379 e. The lowest BCUT2D eigenvalue weighted by Gasteiger charge is -2.08. The minimum atomic E-state index is -0.683. The Labute approximate surface area is 205 Å². The molecular formula is C27H19ClO7. The number of hydrogen-bond donors (Lipinski definition) is 0. The Kier molecular flexibility index (Phi) is 5.70. The normalized spacial score (nSPS) is 13.6. The Morgan fingerprint density at radius 2 is 1.80 bits per heavy atom. The molecule has 0 saturated heterocycles. The van der Waals surface area contributed by atoms with Crippen molar-refractivity contribution in [3.8, 4) is 23.0 Å². The third-order valence-corrected chi connectivity index (χ3v) is 5.79. The molecule has 0 N–H and O–H groups in total. The highest BCUT2D eigenvalue weighted by molar-refractivity contribution is 6.31. The summed E-state index contributed by atoms with van der Waals surface area (Å²) in [6, 6.07) is 15.0. The van der Waals surface area contributed by atoms with E-state index >= 15 is 0 Å². The quantitative estimate of drug-likeness (QED) is 0.186. The van der Waals surface area contributed by atoms with Crippen molar-refractivity contribution in [1.29, 1.82) is 0 Å². The van der Waals surface area contributed by atoms with Crippen molar-refractivity contribution in [1.82, 2.24) is 0 Å². The van der Waals surface area contributed by atoms with Crippen LogP contribution >= 0.6 is 11.6 Å². The second-order valence-electron chi connectivity index (χ2n) is 7.84. The fourth-order valence-corrected chi connectivity index (χ4v) is 4.08. The molecule has 8 heteroatoms. The molecule has 0 unspecified atom stereocenters. The van der Waals surface area contributed by atoms with Gasteiger partial charge < -0.3 is 23.4 Å². The Morgan fingerprint density at radius 3 is 2.57 bits per heavy atom. The third kappa shape index (κ3) is 4.22. The summed E-state index contributed by atoms with van der Waals surface area (Å²) in [4.78, 5) is 25.7. The van der Waals surface area contributed by atoms with E-state index in [0.717, 1.165) is 0 Å². The standard InChI is InChI=1S/C27H19ClO7/c1-14-8-19(33-27(30)24-12-15-9-17(28)4-6-21(15)34-24)13-22-25(14)26(29)23(35-22)11-16-10-18(31-2)5-7-20(16)32-3/h4-13H,1-3H3/b23-11-. The number of allylic oxidation sites excluding steroid dienone is 1. The van der Waals surface area contributed by atoms with Crippen LogP contribution in [-0.2, 0) is 0 Å². The van der Waals surface area contributed by atoms with Crippen LogP contribution in [0.1, 0.15) is 32.0 Å². The highest BCUT2D eigenvalue weighted by atomic mass is 35.5. The molecule has 3 aromatic carbocycles. The topological polar surface area (TPSA) is 84.2 Å². The van der Waals surface area contributed by atoms with Gasteiger partial charge in [-0.15, -0.1) is 0 Å². The zero-order valence-electron chi connectivity index (χ0n) is 19.0. The lowest BCUT2D eigenvalue weighted by Crippen LogP contribution is -2.07. The molecular weight excluding hydrogens is 472 g/mol. The fraction of sp³-hybridized carbons (Fsp3) is 0.111. The third-order valence-electron chi connectivity index (χ3n) is 5.56. The van der Waals surface area contributed by atoms with E-state index in [4.69, 9.17) is 35.0 Å². The molecule has 35 heavy (non-hydrogen) atoms. The van der Waals surface area contributed by atoms with E-state index in [1.165, 1.54) is 13.2 Å². The van der Waals surface area contributed by atoms with Crippen molar-refractivity contribution in [2.24, 2.45) is 0 Å². The van der Waals surface area contributed by atoms with E-state index < -0.39 is 5.97 Å². The molecule has 1 aromatic heterocycles. The van der Waals surface area contributed by atoms with Gasteiger partial charge in [0, 0.05) is 22.0 Å². The molecule has 0 atom stereocenters. The number of hydrogen-bond acceptors (Lipinski definition) is 7. The lowest BCUT2D eigenvalue weighted by molar-refractivity contribution is 0.0703. The first-order valence-corrected chi connectivity index (χ1v) is 11.0. The largest absolute Gasteiger partial charge is 0.497 e. The molecule has 0 aliphatic carbocycles. The van der Waals surface area contributed by atoms with Gasteiger partial charge in [0.2, 0.25) is 11.5 Å². The number of halogens is 1. The van der Waals surface area contributed by atoms with E-state index in [1.807, 2.05) is 0 Å². The Bertz CT molecular complexity index is 1530. The van der Waals surface area contributed by atoms with Crippen molar-refractivity contribution < 1.29 is 33.0 Å². The molecule has 0 radical (unpaired) electrons. The summed E-state index contributed by atoms with van der Waals surface area (Å²) in [5.74, 6) is 0.866. The van der Waals surface area contributed by atoms with Gasteiger partial charge in [-0.25, -0.2) is 4.79 Å². The molecule has 7 nitrogen and oxygen atoms in total. The minimum Gasteiger partial charge on any atom is -0.497 e. The molecule has 2 heterocycles.